The van der Waals surface area contributed by atoms with Gasteiger partial charge in [-0.3, -0.25) is 4.79 Å². The van der Waals surface area contributed by atoms with Gasteiger partial charge in [0.05, 0.1) is 11.3 Å². The lowest BCUT2D eigenvalue weighted by Gasteiger charge is -2.03. The van der Waals surface area contributed by atoms with E-state index in [0.717, 1.165) is 22.9 Å². The smallest absolute Gasteiger partial charge is 0.268 e. The Kier molecular flexibility index (Phi) is 4.21. The summed E-state index contributed by atoms with van der Waals surface area (Å²) in [6.07, 6.45) is 0.775. The fourth-order valence-electron chi connectivity index (χ4n) is 2.32. The molecule has 0 saturated heterocycles. The van der Waals surface area contributed by atoms with Crippen LogP contribution in [0, 0.1) is 0 Å². The number of nitrogens with zero attached hydrogens (tertiary/aromatic N) is 4. The van der Waals surface area contributed by atoms with Crippen molar-refractivity contribution < 1.29 is 0 Å². The molecule has 1 N–H and O–H groups in total. The van der Waals surface area contributed by atoms with Crippen LogP contribution < -0.4 is 5.56 Å². The third kappa shape index (κ3) is 3.02. The predicted octanol–water partition coefficient (Wildman–Crippen LogP) is 3.06. The Balaban J connectivity index is 1.51. The van der Waals surface area contributed by atoms with E-state index >= 15 is 0 Å². The number of H-pyrrole nitrogens is 1. The topological polar surface area (TPSA) is 76.5 Å². The highest BCUT2D eigenvalue weighted by atomic mass is 32.2. The van der Waals surface area contributed by atoms with Crippen LogP contribution >= 0.6 is 34.4 Å². The summed E-state index contributed by atoms with van der Waals surface area (Å²) in [7, 11) is 1.96. The van der Waals surface area contributed by atoms with Gasteiger partial charge in [0.1, 0.15) is 16.3 Å². The minimum atomic E-state index is -0.0815. The number of hydrogen-bond acceptors (Lipinski definition) is 7. The van der Waals surface area contributed by atoms with Crippen molar-refractivity contribution in [2.45, 2.75) is 17.3 Å². The van der Waals surface area contributed by atoms with E-state index in [1.165, 1.54) is 28.0 Å². The maximum Gasteiger partial charge on any atom is 0.268 e. The summed E-state index contributed by atoms with van der Waals surface area (Å²) in [5, 5.41) is 13.3. The Morgan fingerprint density at radius 2 is 2.17 bits per heavy atom. The molecule has 9 heteroatoms. The third-order valence-corrected chi connectivity index (χ3v) is 6.35. The summed E-state index contributed by atoms with van der Waals surface area (Å²) < 4.78 is 2.66. The predicted molar refractivity (Wildman–Crippen MR) is 97.9 cm³/mol. The van der Waals surface area contributed by atoms with Crippen molar-refractivity contribution in [1.29, 1.82) is 0 Å². The number of thioether (sulfide) groups is 1. The Morgan fingerprint density at radius 3 is 3.00 bits per heavy atom. The number of aromatic amines is 1. The van der Waals surface area contributed by atoms with Crippen molar-refractivity contribution >= 4 is 44.7 Å². The Bertz CT molecular complexity index is 1030. The van der Waals surface area contributed by atoms with Crippen LogP contribution in [0.3, 0.4) is 0 Å². The maximum atomic E-state index is 12.0. The van der Waals surface area contributed by atoms with Crippen molar-refractivity contribution in [2.24, 2.45) is 7.05 Å². The molecule has 0 aliphatic heterocycles. The number of nitrogens with one attached hydrogen (secondary N) is 1. The van der Waals surface area contributed by atoms with E-state index in [9.17, 15) is 4.79 Å². The van der Waals surface area contributed by atoms with E-state index in [1.54, 1.807) is 11.3 Å². The first-order valence-corrected chi connectivity index (χ1v) is 9.95. The van der Waals surface area contributed by atoms with Gasteiger partial charge >= 0.3 is 0 Å². The van der Waals surface area contributed by atoms with Gasteiger partial charge in [0.25, 0.3) is 5.56 Å². The minimum absolute atomic E-state index is 0.0815. The first-order chi connectivity index (χ1) is 11.7. The fraction of sp³-hybridized carbons (Fsp3) is 0.200. The molecule has 0 unspecified atom stereocenters. The molecule has 4 rings (SSSR count). The van der Waals surface area contributed by atoms with Crippen LogP contribution in [0.1, 0.15) is 16.5 Å². The van der Waals surface area contributed by atoms with Crippen molar-refractivity contribution in [3.63, 3.8) is 0 Å². The minimum Gasteiger partial charge on any atom is -0.309 e. The van der Waals surface area contributed by atoms with Crippen LogP contribution in [0.2, 0.25) is 0 Å². The zero-order valence-electron chi connectivity index (χ0n) is 12.7. The van der Waals surface area contributed by atoms with Gasteiger partial charge in [0.2, 0.25) is 0 Å². The summed E-state index contributed by atoms with van der Waals surface area (Å²) in [5.41, 5.74) is 0.664. The Hall–Kier alpha value is -1.97. The summed E-state index contributed by atoms with van der Waals surface area (Å²) in [6.45, 7) is 0. The van der Waals surface area contributed by atoms with E-state index < -0.39 is 0 Å². The molecular weight excluding hydrogens is 362 g/mol. The first kappa shape index (κ1) is 15.6. The first-order valence-electron chi connectivity index (χ1n) is 7.20. The van der Waals surface area contributed by atoms with Gasteiger partial charge < -0.3 is 9.55 Å². The van der Waals surface area contributed by atoms with Crippen molar-refractivity contribution in [3.8, 4) is 0 Å². The molecule has 4 aromatic rings. The summed E-state index contributed by atoms with van der Waals surface area (Å²) in [5.74, 6) is 2.12. The largest absolute Gasteiger partial charge is 0.309 e. The van der Waals surface area contributed by atoms with Crippen LogP contribution in [-0.2, 0) is 19.2 Å². The highest BCUT2D eigenvalue weighted by Gasteiger charge is 2.12. The molecule has 0 bridgehead atoms. The second-order valence-corrected chi connectivity index (χ2v) is 8.04. The van der Waals surface area contributed by atoms with Gasteiger partial charge in [-0.1, -0.05) is 17.8 Å². The second-order valence-electron chi connectivity index (χ2n) is 5.15. The van der Waals surface area contributed by atoms with Crippen LogP contribution in [0.25, 0.3) is 10.2 Å². The Labute approximate surface area is 149 Å². The molecule has 0 radical (unpaired) electrons. The van der Waals surface area contributed by atoms with Gasteiger partial charge in [0.15, 0.2) is 5.16 Å². The molecule has 0 atom stereocenters. The van der Waals surface area contributed by atoms with Crippen LogP contribution in [0.4, 0.5) is 0 Å². The highest BCUT2D eigenvalue weighted by Crippen LogP contribution is 2.22. The van der Waals surface area contributed by atoms with Gasteiger partial charge in [-0.15, -0.1) is 32.9 Å². The number of rotatable bonds is 5. The number of hydrogen-bond donors (Lipinski definition) is 1. The molecule has 0 saturated carbocycles. The lowest BCUT2D eigenvalue weighted by molar-refractivity contribution is 0.750. The van der Waals surface area contributed by atoms with Crippen molar-refractivity contribution in [1.82, 2.24) is 24.7 Å². The molecule has 122 valence electrons. The standard InChI is InChI=1S/C15H13N5OS3/c1-20-12(7-9-3-2-5-22-9)18-19-15(20)24-8-11-16-10-4-6-23-13(10)14(21)17-11/h2-6H,7-8H2,1H3,(H,16,17,21). The normalized spacial score (nSPS) is 11.4. The van der Waals surface area contributed by atoms with E-state index in [0.29, 0.717) is 16.3 Å². The van der Waals surface area contributed by atoms with Gasteiger partial charge in [-0.05, 0) is 22.9 Å². The van der Waals surface area contributed by atoms with Crippen molar-refractivity contribution in [3.05, 3.63) is 55.8 Å². The average Bonchev–Trinajstić information content (AvgIpc) is 3.29. The summed E-state index contributed by atoms with van der Waals surface area (Å²) in [4.78, 5) is 20.6. The number of fused-ring (bicyclic) bond motifs is 1. The maximum absolute atomic E-state index is 12.0. The van der Waals surface area contributed by atoms with Crippen LogP contribution in [0.5, 0.6) is 0 Å². The molecular formula is C15H13N5OS3. The van der Waals surface area contributed by atoms with E-state index in [2.05, 4.69) is 31.6 Å². The highest BCUT2D eigenvalue weighted by molar-refractivity contribution is 7.98. The summed E-state index contributed by atoms with van der Waals surface area (Å²) in [6, 6.07) is 6.00. The third-order valence-electron chi connectivity index (χ3n) is 3.54. The molecule has 24 heavy (non-hydrogen) atoms. The number of thiophene rings is 2. The van der Waals surface area contributed by atoms with Crippen molar-refractivity contribution in [2.75, 3.05) is 0 Å². The molecule has 0 aliphatic carbocycles. The average molecular weight is 376 g/mol. The molecule has 6 nitrogen and oxygen atoms in total. The lowest BCUT2D eigenvalue weighted by Crippen LogP contribution is -2.09. The zero-order valence-corrected chi connectivity index (χ0v) is 15.2. The van der Waals surface area contributed by atoms with Gasteiger partial charge in [0, 0.05) is 18.3 Å². The molecule has 4 heterocycles. The van der Waals surface area contributed by atoms with E-state index in [-0.39, 0.29) is 5.56 Å². The van der Waals surface area contributed by atoms with Gasteiger partial charge in [-0.2, -0.15) is 0 Å². The Morgan fingerprint density at radius 1 is 1.25 bits per heavy atom. The summed E-state index contributed by atoms with van der Waals surface area (Å²) >= 11 is 4.64. The monoisotopic (exact) mass is 375 g/mol. The quantitative estimate of drug-likeness (QED) is 0.543. The molecule has 0 amide bonds. The molecule has 0 fully saturated rings. The fourth-order valence-corrected chi connectivity index (χ4v) is 4.54. The SMILES string of the molecule is Cn1c(Cc2cccs2)nnc1SCc1nc2ccsc2c(=O)[nH]1. The molecule has 4 aromatic heterocycles. The molecule has 0 aliphatic rings. The number of aromatic nitrogens is 5. The molecule has 0 spiro atoms. The van der Waals surface area contributed by atoms with E-state index in [4.69, 9.17) is 0 Å². The van der Waals surface area contributed by atoms with Crippen LogP contribution in [0.15, 0.2) is 38.9 Å². The lowest BCUT2D eigenvalue weighted by atomic mass is 10.3. The zero-order chi connectivity index (χ0) is 16.5. The molecule has 0 aromatic carbocycles. The van der Waals surface area contributed by atoms with Gasteiger partial charge in [-0.25, -0.2) is 4.98 Å². The second kappa shape index (κ2) is 6.50. The van der Waals surface area contributed by atoms with Crippen LogP contribution in [-0.4, -0.2) is 24.7 Å². The van der Waals surface area contributed by atoms with E-state index in [1.807, 2.05) is 29.1 Å².